The number of ether oxygens (including phenoxy) is 4. The maximum absolute atomic E-state index is 13.8. The minimum atomic E-state index is -3.78. The SMILES string of the molecule is COc1cc(C)c(CN(C)S(=O)(=O)c2ccc(C)cc2N2CC[C@@H](OC)[C@@H](OC)C2)cc1OC. The van der Waals surface area contributed by atoms with Gasteiger partial charge in [-0.1, -0.05) is 6.07 Å². The standard InChI is InChI=1S/C25H36N2O6S/c1-17-8-9-25(20(12-17)27-11-10-21(30-4)24(16-27)33-7)34(28,29)26(3)15-19-14-23(32-6)22(31-5)13-18(19)2/h8-9,12-14,21,24H,10-11,15-16H2,1-7H3/t21-,24+/m1/s1. The number of anilines is 1. The molecule has 1 aliphatic rings. The summed E-state index contributed by atoms with van der Waals surface area (Å²) in [6.45, 7) is 5.34. The van der Waals surface area contributed by atoms with E-state index in [0.717, 1.165) is 23.1 Å². The number of sulfonamides is 1. The van der Waals surface area contributed by atoms with Crippen molar-refractivity contribution in [1.29, 1.82) is 0 Å². The Morgan fingerprint density at radius 2 is 1.62 bits per heavy atom. The van der Waals surface area contributed by atoms with E-state index in [4.69, 9.17) is 18.9 Å². The normalized spacial score (nSPS) is 18.9. The van der Waals surface area contributed by atoms with Crippen LogP contribution in [0.5, 0.6) is 11.5 Å². The van der Waals surface area contributed by atoms with Crippen molar-refractivity contribution < 1.29 is 27.4 Å². The highest BCUT2D eigenvalue weighted by molar-refractivity contribution is 7.89. The highest BCUT2D eigenvalue weighted by Gasteiger charge is 2.33. The second kappa shape index (κ2) is 10.9. The van der Waals surface area contributed by atoms with Gasteiger partial charge in [0, 0.05) is 40.9 Å². The number of rotatable bonds is 9. The van der Waals surface area contributed by atoms with Gasteiger partial charge in [-0.15, -0.1) is 0 Å². The Hall–Kier alpha value is -2.33. The third-order valence-corrected chi connectivity index (χ3v) is 8.33. The Morgan fingerprint density at radius 3 is 2.24 bits per heavy atom. The lowest BCUT2D eigenvalue weighted by Gasteiger charge is -2.39. The summed E-state index contributed by atoms with van der Waals surface area (Å²) in [6, 6.07) is 9.15. The van der Waals surface area contributed by atoms with Crippen LogP contribution in [0.3, 0.4) is 0 Å². The van der Waals surface area contributed by atoms with Crippen LogP contribution in [0, 0.1) is 13.8 Å². The zero-order chi connectivity index (χ0) is 25.0. The molecule has 2 atom stereocenters. The summed E-state index contributed by atoms with van der Waals surface area (Å²) in [7, 11) is 4.31. The third kappa shape index (κ3) is 5.33. The van der Waals surface area contributed by atoms with Crippen LogP contribution in [0.4, 0.5) is 5.69 Å². The molecule has 2 aromatic rings. The predicted molar refractivity (Wildman–Crippen MR) is 133 cm³/mol. The number of aryl methyl sites for hydroxylation is 2. The van der Waals surface area contributed by atoms with Crippen molar-refractivity contribution >= 4 is 15.7 Å². The first-order chi connectivity index (χ1) is 16.2. The van der Waals surface area contributed by atoms with E-state index < -0.39 is 10.0 Å². The fraction of sp³-hybridized carbons (Fsp3) is 0.520. The van der Waals surface area contributed by atoms with Crippen LogP contribution < -0.4 is 14.4 Å². The number of methoxy groups -OCH3 is 4. The predicted octanol–water partition coefficient (Wildman–Crippen LogP) is 3.38. The van der Waals surface area contributed by atoms with Gasteiger partial charge >= 0.3 is 0 Å². The van der Waals surface area contributed by atoms with Crippen molar-refractivity contribution in [2.45, 2.75) is 43.9 Å². The van der Waals surface area contributed by atoms with Gasteiger partial charge in [-0.2, -0.15) is 4.31 Å². The monoisotopic (exact) mass is 492 g/mol. The largest absolute Gasteiger partial charge is 0.493 e. The summed E-state index contributed by atoms with van der Waals surface area (Å²) in [5.74, 6) is 1.18. The van der Waals surface area contributed by atoms with E-state index in [1.54, 1.807) is 41.6 Å². The topological polar surface area (TPSA) is 77.5 Å². The molecule has 1 fully saturated rings. The van der Waals surface area contributed by atoms with E-state index in [1.807, 2.05) is 38.1 Å². The van der Waals surface area contributed by atoms with Crippen LogP contribution in [0.2, 0.25) is 0 Å². The quantitative estimate of drug-likeness (QED) is 0.531. The number of hydrogen-bond acceptors (Lipinski definition) is 7. The first kappa shape index (κ1) is 26.3. The first-order valence-electron chi connectivity index (χ1n) is 11.2. The minimum Gasteiger partial charge on any atom is -0.493 e. The van der Waals surface area contributed by atoms with Crippen LogP contribution in [0.25, 0.3) is 0 Å². The molecule has 1 aliphatic heterocycles. The molecule has 1 heterocycles. The molecule has 8 nitrogen and oxygen atoms in total. The van der Waals surface area contributed by atoms with E-state index in [9.17, 15) is 8.42 Å². The Bertz CT molecular complexity index is 1100. The molecule has 0 amide bonds. The Kier molecular flexibility index (Phi) is 8.46. The maximum Gasteiger partial charge on any atom is 0.245 e. The van der Waals surface area contributed by atoms with Gasteiger partial charge in [0.15, 0.2) is 11.5 Å². The number of benzene rings is 2. The Morgan fingerprint density at radius 1 is 0.971 bits per heavy atom. The van der Waals surface area contributed by atoms with Crippen LogP contribution in [-0.4, -0.2) is 73.5 Å². The van der Waals surface area contributed by atoms with Crippen molar-refractivity contribution in [3.05, 3.63) is 47.0 Å². The molecule has 9 heteroatoms. The molecule has 0 bridgehead atoms. The van der Waals surface area contributed by atoms with Crippen molar-refractivity contribution in [3.63, 3.8) is 0 Å². The molecule has 0 unspecified atom stereocenters. The van der Waals surface area contributed by atoms with E-state index >= 15 is 0 Å². The van der Waals surface area contributed by atoms with Crippen molar-refractivity contribution in [2.75, 3.05) is 53.5 Å². The number of nitrogens with zero attached hydrogens (tertiary/aromatic N) is 2. The lowest BCUT2D eigenvalue weighted by molar-refractivity contribution is -0.0441. The van der Waals surface area contributed by atoms with E-state index in [-0.39, 0.29) is 23.6 Å². The molecule has 0 aromatic heterocycles. The van der Waals surface area contributed by atoms with Gasteiger partial charge < -0.3 is 23.8 Å². The average molecular weight is 493 g/mol. The molecule has 34 heavy (non-hydrogen) atoms. The smallest absolute Gasteiger partial charge is 0.245 e. The van der Waals surface area contributed by atoms with Gasteiger partial charge in [-0.25, -0.2) is 8.42 Å². The molecule has 2 aromatic carbocycles. The summed E-state index contributed by atoms with van der Waals surface area (Å²) in [5, 5.41) is 0. The van der Waals surface area contributed by atoms with Crippen LogP contribution in [-0.2, 0) is 26.0 Å². The highest BCUT2D eigenvalue weighted by Crippen LogP contribution is 2.34. The lowest BCUT2D eigenvalue weighted by atomic mass is 10.0. The van der Waals surface area contributed by atoms with Crippen molar-refractivity contribution in [2.24, 2.45) is 0 Å². The minimum absolute atomic E-state index is 0.0122. The molecular weight excluding hydrogens is 456 g/mol. The van der Waals surface area contributed by atoms with E-state index in [0.29, 0.717) is 30.3 Å². The fourth-order valence-electron chi connectivity index (χ4n) is 4.39. The average Bonchev–Trinajstić information content (AvgIpc) is 2.84. The van der Waals surface area contributed by atoms with Gasteiger partial charge in [0.25, 0.3) is 0 Å². The molecule has 188 valence electrons. The summed E-state index contributed by atoms with van der Waals surface area (Å²) in [4.78, 5) is 2.36. The second-order valence-corrected chi connectivity index (χ2v) is 10.7. The Labute approximate surface area is 203 Å². The summed E-state index contributed by atoms with van der Waals surface area (Å²) in [5.41, 5.74) is 3.45. The fourth-order valence-corrected chi connectivity index (χ4v) is 5.73. The van der Waals surface area contributed by atoms with Gasteiger partial charge in [0.1, 0.15) is 11.0 Å². The van der Waals surface area contributed by atoms with Gasteiger partial charge in [-0.3, -0.25) is 0 Å². The van der Waals surface area contributed by atoms with Crippen LogP contribution in [0.15, 0.2) is 35.2 Å². The maximum atomic E-state index is 13.8. The van der Waals surface area contributed by atoms with Gasteiger partial charge in [-0.05, 0) is 61.2 Å². The van der Waals surface area contributed by atoms with Crippen LogP contribution in [0.1, 0.15) is 23.1 Å². The number of hydrogen-bond donors (Lipinski definition) is 0. The number of piperidine rings is 1. The zero-order valence-electron chi connectivity index (χ0n) is 21.1. The Balaban J connectivity index is 1.94. The molecule has 0 aliphatic carbocycles. The van der Waals surface area contributed by atoms with Crippen molar-refractivity contribution in [3.8, 4) is 11.5 Å². The summed E-state index contributed by atoms with van der Waals surface area (Å²) in [6.07, 6.45) is 0.604. The van der Waals surface area contributed by atoms with Gasteiger partial charge in [0.2, 0.25) is 10.0 Å². The first-order valence-corrected chi connectivity index (χ1v) is 12.7. The second-order valence-electron chi connectivity index (χ2n) is 8.65. The van der Waals surface area contributed by atoms with Crippen LogP contribution >= 0.6 is 0 Å². The van der Waals surface area contributed by atoms with E-state index in [1.165, 1.54) is 4.31 Å². The van der Waals surface area contributed by atoms with Crippen molar-refractivity contribution in [1.82, 2.24) is 4.31 Å². The third-order valence-electron chi connectivity index (χ3n) is 6.48. The highest BCUT2D eigenvalue weighted by atomic mass is 32.2. The summed E-state index contributed by atoms with van der Waals surface area (Å²) < 4.78 is 50.9. The molecular formula is C25H36N2O6S. The molecule has 3 rings (SSSR count). The molecule has 0 saturated carbocycles. The molecule has 0 spiro atoms. The zero-order valence-corrected chi connectivity index (χ0v) is 21.9. The lowest BCUT2D eigenvalue weighted by Crippen LogP contribution is -2.49. The molecule has 0 N–H and O–H groups in total. The van der Waals surface area contributed by atoms with E-state index in [2.05, 4.69) is 4.90 Å². The van der Waals surface area contributed by atoms with Gasteiger partial charge in [0.05, 0.1) is 26.0 Å². The summed E-state index contributed by atoms with van der Waals surface area (Å²) >= 11 is 0. The molecule has 1 saturated heterocycles. The molecule has 0 radical (unpaired) electrons.